The average molecular weight is 505 g/mol. The molecule has 0 spiro atoms. The van der Waals surface area contributed by atoms with E-state index < -0.39 is 11.9 Å². The standard InChI is InChI=1S/C26H24Cl3NO3/c1-3-10-33-26(32)23-14(2)30-21-12-17(15-4-7-18(27)8-5-15)13-22(31)25(21)24(23)16-6-9-19(28)20(29)11-16/h4-9,11,17,24,30H,3,10,12-13H2,1-2H3/t17-,24+/m0/s1. The summed E-state index contributed by atoms with van der Waals surface area (Å²) in [6.07, 6.45) is 1.70. The molecule has 4 nitrogen and oxygen atoms in total. The van der Waals surface area contributed by atoms with Crippen molar-refractivity contribution in [3.63, 3.8) is 0 Å². The van der Waals surface area contributed by atoms with Crippen LogP contribution in [-0.2, 0) is 14.3 Å². The average Bonchev–Trinajstić information content (AvgIpc) is 2.78. The number of carbonyl (C=O) groups is 2. The lowest BCUT2D eigenvalue weighted by Crippen LogP contribution is -2.36. The number of halogens is 3. The number of Topliss-reactive ketones (excluding diaryl/α,β-unsaturated/α-hetero) is 1. The Kier molecular flexibility index (Phi) is 7.18. The first-order valence-electron chi connectivity index (χ1n) is 10.9. The molecule has 0 saturated heterocycles. The second-order valence-corrected chi connectivity index (χ2v) is 9.63. The Morgan fingerprint density at radius 2 is 1.73 bits per heavy atom. The largest absolute Gasteiger partial charge is 0.462 e. The maximum Gasteiger partial charge on any atom is 0.336 e. The number of dihydropyridines is 1. The molecule has 4 rings (SSSR count). The number of esters is 1. The molecule has 172 valence electrons. The molecule has 0 bridgehead atoms. The van der Waals surface area contributed by atoms with Gasteiger partial charge in [0, 0.05) is 34.3 Å². The zero-order valence-corrected chi connectivity index (χ0v) is 20.7. The Hall–Kier alpha value is -2.27. The van der Waals surface area contributed by atoms with Crippen molar-refractivity contribution in [1.29, 1.82) is 0 Å². The summed E-state index contributed by atoms with van der Waals surface area (Å²) in [7, 11) is 0. The van der Waals surface area contributed by atoms with E-state index in [1.807, 2.05) is 44.2 Å². The van der Waals surface area contributed by atoms with Crippen LogP contribution in [0, 0.1) is 0 Å². The molecule has 0 fully saturated rings. The molecule has 0 aromatic heterocycles. The molecule has 7 heteroatoms. The molecular weight excluding hydrogens is 481 g/mol. The summed E-state index contributed by atoms with van der Waals surface area (Å²) in [5.74, 6) is -0.985. The second-order valence-electron chi connectivity index (χ2n) is 8.38. The Labute approximate surface area is 208 Å². The fourth-order valence-corrected chi connectivity index (χ4v) is 5.01. The van der Waals surface area contributed by atoms with Crippen LogP contribution in [0.25, 0.3) is 0 Å². The first kappa shape index (κ1) is 23.9. The van der Waals surface area contributed by atoms with Crippen molar-refractivity contribution in [3.8, 4) is 0 Å². The summed E-state index contributed by atoms with van der Waals surface area (Å²) in [6.45, 7) is 4.09. The van der Waals surface area contributed by atoms with Gasteiger partial charge in [0.15, 0.2) is 5.78 Å². The van der Waals surface area contributed by atoms with E-state index in [0.29, 0.717) is 57.8 Å². The zero-order chi connectivity index (χ0) is 23.7. The molecule has 1 heterocycles. The van der Waals surface area contributed by atoms with Gasteiger partial charge in [-0.2, -0.15) is 0 Å². The minimum atomic E-state index is -0.570. The molecule has 0 saturated carbocycles. The van der Waals surface area contributed by atoms with Crippen LogP contribution in [0.15, 0.2) is 65.0 Å². The molecule has 0 amide bonds. The molecule has 33 heavy (non-hydrogen) atoms. The van der Waals surface area contributed by atoms with Gasteiger partial charge in [-0.05, 0) is 61.1 Å². The highest BCUT2D eigenvalue weighted by atomic mass is 35.5. The maximum absolute atomic E-state index is 13.5. The monoisotopic (exact) mass is 503 g/mol. The van der Waals surface area contributed by atoms with Gasteiger partial charge in [0.25, 0.3) is 0 Å². The van der Waals surface area contributed by atoms with E-state index in [4.69, 9.17) is 39.5 Å². The van der Waals surface area contributed by atoms with Crippen molar-refractivity contribution >= 4 is 46.6 Å². The molecule has 1 aliphatic carbocycles. The van der Waals surface area contributed by atoms with E-state index in [9.17, 15) is 9.59 Å². The third-order valence-corrected chi connectivity index (χ3v) is 7.09. The summed E-state index contributed by atoms with van der Waals surface area (Å²) in [4.78, 5) is 26.6. The van der Waals surface area contributed by atoms with Crippen LogP contribution in [-0.4, -0.2) is 18.4 Å². The van der Waals surface area contributed by atoms with E-state index >= 15 is 0 Å². The number of ketones is 1. The highest BCUT2D eigenvalue weighted by Gasteiger charge is 2.41. The van der Waals surface area contributed by atoms with Crippen LogP contribution in [0.4, 0.5) is 0 Å². The van der Waals surface area contributed by atoms with Crippen LogP contribution in [0.2, 0.25) is 15.1 Å². The summed E-state index contributed by atoms with van der Waals surface area (Å²) < 4.78 is 5.48. The molecule has 0 radical (unpaired) electrons. The number of hydrogen-bond donors (Lipinski definition) is 1. The van der Waals surface area contributed by atoms with Gasteiger partial charge < -0.3 is 10.1 Å². The lowest BCUT2D eigenvalue weighted by molar-refractivity contribution is -0.139. The Morgan fingerprint density at radius 3 is 2.39 bits per heavy atom. The van der Waals surface area contributed by atoms with Crippen LogP contribution < -0.4 is 5.32 Å². The number of hydrogen-bond acceptors (Lipinski definition) is 4. The van der Waals surface area contributed by atoms with Gasteiger partial charge in [-0.15, -0.1) is 0 Å². The molecule has 2 aromatic rings. The van der Waals surface area contributed by atoms with Gasteiger partial charge in [-0.25, -0.2) is 4.79 Å². The summed E-state index contributed by atoms with van der Waals surface area (Å²) in [6, 6.07) is 12.8. The van der Waals surface area contributed by atoms with Gasteiger partial charge in [0.1, 0.15) is 0 Å². The van der Waals surface area contributed by atoms with Crippen LogP contribution in [0.5, 0.6) is 0 Å². The van der Waals surface area contributed by atoms with Gasteiger partial charge in [-0.3, -0.25) is 4.79 Å². The van der Waals surface area contributed by atoms with E-state index in [1.165, 1.54) is 0 Å². The summed E-state index contributed by atoms with van der Waals surface area (Å²) in [5.41, 5.74) is 4.32. The Morgan fingerprint density at radius 1 is 1.03 bits per heavy atom. The normalized spacial score (nSPS) is 20.5. The molecule has 2 atom stereocenters. The third-order valence-electron chi connectivity index (χ3n) is 6.10. The number of nitrogens with one attached hydrogen (secondary N) is 1. The zero-order valence-electron chi connectivity index (χ0n) is 18.4. The number of carbonyl (C=O) groups excluding carboxylic acids is 2. The maximum atomic E-state index is 13.5. The van der Waals surface area contributed by atoms with Crippen molar-refractivity contribution in [2.45, 2.75) is 44.9 Å². The van der Waals surface area contributed by atoms with Gasteiger partial charge in [-0.1, -0.05) is 59.9 Å². The highest BCUT2D eigenvalue weighted by molar-refractivity contribution is 6.42. The summed E-state index contributed by atoms with van der Waals surface area (Å²) in [5, 5.41) is 4.79. The Balaban J connectivity index is 1.79. The van der Waals surface area contributed by atoms with Crippen LogP contribution in [0.3, 0.4) is 0 Å². The number of rotatable bonds is 5. The minimum Gasteiger partial charge on any atom is -0.462 e. The lowest BCUT2D eigenvalue weighted by Gasteiger charge is -2.36. The number of ether oxygens (including phenoxy) is 1. The van der Waals surface area contributed by atoms with Crippen molar-refractivity contribution in [2.75, 3.05) is 6.61 Å². The molecule has 0 unspecified atom stereocenters. The van der Waals surface area contributed by atoms with E-state index in [0.717, 1.165) is 16.8 Å². The molecule has 2 aliphatic rings. The number of benzene rings is 2. The number of allylic oxidation sites excluding steroid dienone is 3. The smallest absolute Gasteiger partial charge is 0.336 e. The van der Waals surface area contributed by atoms with Gasteiger partial charge >= 0.3 is 5.97 Å². The van der Waals surface area contributed by atoms with Crippen molar-refractivity contribution in [2.24, 2.45) is 0 Å². The molecule has 1 N–H and O–H groups in total. The first-order chi connectivity index (χ1) is 15.8. The molecule has 2 aromatic carbocycles. The molecular formula is C26H24Cl3NO3. The fraction of sp³-hybridized carbons (Fsp3) is 0.308. The minimum absolute atomic E-state index is 0.00642. The van der Waals surface area contributed by atoms with Crippen molar-refractivity contribution in [3.05, 3.63) is 91.2 Å². The van der Waals surface area contributed by atoms with Crippen molar-refractivity contribution in [1.82, 2.24) is 5.32 Å². The highest BCUT2D eigenvalue weighted by Crippen LogP contribution is 2.46. The lowest BCUT2D eigenvalue weighted by atomic mass is 9.72. The summed E-state index contributed by atoms with van der Waals surface area (Å²) >= 11 is 18.5. The topological polar surface area (TPSA) is 55.4 Å². The quantitative estimate of drug-likeness (QED) is 0.447. The third kappa shape index (κ3) is 4.84. The molecule has 1 aliphatic heterocycles. The predicted molar refractivity (Wildman–Crippen MR) is 132 cm³/mol. The van der Waals surface area contributed by atoms with Crippen molar-refractivity contribution < 1.29 is 14.3 Å². The van der Waals surface area contributed by atoms with Gasteiger partial charge in [0.05, 0.1) is 22.2 Å². The van der Waals surface area contributed by atoms with E-state index in [1.54, 1.807) is 12.1 Å². The SMILES string of the molecule is CCCOC(=O)C1=C(C)NC2=C(C(=O)C[C@@H](c3ccc(Cl)cc3)C2)[C@@H]1c1ccc(Cl)c(Cl)c1. The Bertz CT molecular complexity index is 1170. The second kappa shape index (κ2) is 9.92. The van der Waals surface area contributed by atoms with E-state index in [-0.39, 0.29) is 11.7 Å². The predicted octanol–water partition coefficient (Wildman–Crippen LogP) is 6.96. The van der Waals surface area contributed by atoms with Gasteiger partial charge in [0.2, 0.25) is 0 Å². The van der Waals surface area contributed by atoms with Crippen LogP contribution in [0.1, 0.15) is 56.1 Å². The first-order valence-corrected chi connectivity index (χ1v) is 12.0. The van der Waals surface area contributed by atoms with E-state index in [2.05, 4.69) is 5.32 Å². The fourth-order valence-electron chi connectivity index (χ4n) is 4.58. The van der Waals surface area contributed by atoms with Crippen LogP contribution >= 0.6 is 34.8 Å².